The zero-order valence-corrected chi connectivity index (χ0v) is 11.2. The molecule has 0 atom stereocenters. The number of benzene rings is 1. The Balaban J connectivity index is 2.10. The van der Waals surface area contributed by atoms with Gasteiger partial charge < -0.3 is 9.84 Å². The van der Waals surface area contributed by atoms with Gasteiger partial charge in [-0.25, -0.2) is 4.39 Å². The highest BCUT2D eigenvalue weighted by atomic mass is 32.1. The van der Waals surface area contributed by atoms with E-state index in [4.69, 9.17) is 4.74 Å². The van der Waals surface area contributed by atoms with Gasteiger partial charge in [-0.15, -0.1) is 11.3 Å². The fraction of sp³-hybridized carbons (Fsp3) is 0.0833. The van der Waals surface area contributed by atoms with Gasteiger partial charge in [-0.2, -0.15) is 4.98 Å². The number of ether oxygens (including phenoxy) is 1. The van der Waals surface area contributed by atoms with E-state index in [0.717, 1.165) is 12.1 Å². The summed E-state index contributed by atoms with van der Waals surface area (Å²) in [5.74, 6) is -1.45. The van der Waals surface area contributed by atoms with Gasteiger partial charge in [0.25, 0.3) is 0 Å². The van der Waals surface area contributed by atoms with Crippen LogP contribution in [0.15, 0.2) is 29.8 Å². The number of nitro benzene ring substituents is 1. The van der Waals surface area contributed by atoms with Crippen molar-refractivity contribution >= 4 is 22.0 Å². The van der Waals surface area contributed by atoms with Gasteiger partial charge in [0.1, 0.15) is 5.69 Å². The van der Waals surface area contributed by atoms with E-state index >= 15 is 0 Å². The van der Waals surface area contributed by atoms with Crippen molar-refractivity contribution < 1.29 is 19.2 Å². The number of nitro groups is 1. The highest BCUT2D eigenvalue weighted by molar-refractivity contribution is 7.15. The fourth-order valence-corrected chi connectivity index (χ4v) is 2.60. The van der Waals surface area contributed by atoms with Gasteiger partial charge in [0.15, 0.2) is 10.8 Å². The van der Waals surface area contributed by atoms with Gasteiger partial charge in [0.05, 0.1) is 11.5 Å². The summed E-state index contributed by atoms with van der Waals surface area (Å²) in [6.45, 7) is -0.393. The van der Waals surface area contributed by atoms with Gasteiger partial charge in [-0.05, 0) is 6.07 Å². The second kappa shape index (κ2) is 5.11. The Hall–Kier alpha value is -2.52. The smallest absolute Gasteiger partial charge is 0.314 e. The maximum atomic E-state index is 13.8. The van der Waals surface area contributed by atoms with Crippen LogP contribution in [0.3, 0.4) is 0 Å². The molecular weight excluding hydrogens is 301 g/mol. The van der Waals surface area contributed by atoms with Crippen molar-refractivity contribution in [2.24, 2.45) is 0 Å². The third-order valence-corrected chi connectivity index (χ3v) is 3.57. The molecule has 9 heteroatoms. The van der Waals surface area contributed by atoms with E-state index in [1.807, 2.05) is 0 Å². The molecule has 0 aliphatic carbocycles. The number of hydrogen-bond acceptors (Lipinski definition) is 6. The molecule has 21 heavy (non-hydrogen) atoms. The quantitative estimate of drug-likeness (QED) is 0.591. The molecule has 108 valence electrons. The van der Waals surface area contributed by atoms with Crippen molar-refractivity contribution in [2.75, 3.05) is 0 Å². The number of imidazole rings is 1. The summed E-state index contributed by atoms with van der Waals surface area (Å²) in [7, 11) is 0. The summed E-state index contributed by atoms with van der Waals surface area (Å²) in [6, 6.07) is 3.41. The summed E-state index contributed by atoms with van der Waals surface area (Å²) in [4.78, 5) is 14.8. The molecule has 3 aromatic rings. The first kappa shape index (κ1) is 13.5. The van der Waals surface area contributed by atoms with Crippen LogP contribution in [-0.2, 0) is 6.61 Å². The van der Waals surface area contributed by atoms with Crippen molar-refractivity contribution in [3.63, 3.8) is 0 Å². The third kappa shape index (κ3) is 2.22. The van der Waals surface area contributed by atoms with Crippen LogP contribution in [0.2, 0.25) is 0 Å². The zero-order chi connectivity index (χ0) is 15.0. The molecule has 7 nitrogen and oxygen atoms in total. The van der Waals surface area contributed by atoms with Crippen LogP contribution in [-0.4, -0.2) is 19.4 Å². The number of aliphatic hydroxyl groups excluding tert-OH is 1. The molecule has 1 aromatic carbocycles. The number of hydrogen-bond donors (Lipinski definition) is 1. The average Bonchev–Trinajstić information content (AvgIpc) is 3.00. The first-order valence-corrected chi connectivity index (χ1v) is 6.66. The minimum absolute atomic E-state index is 0.0578. The van der Waals surface area contributed by atoms with E-state index in [1.165, 1.54) is 17.4 Å². The standard InChI is InChI=1S/C12H8FN3O4S/c13-7-2-1-3-8(16(18)19)10(7)20-11-9(6-17)15-4-5-21-12(15)14-11/h1-5,17H,6H2. The van der Waals surface area contributed by atoms with Crippen molar-refractivity contribution in [1.82, 2.24) is 9.38 Å². The number of para-hydroxylation sites is 1. The van der Waals surface area contributed by atoms with Crippen molar-refractivity contribution in [2.45, 2.75) is 6.61 Å². The van der Waals surface area contributed by atoms with Gasteiger partial charge in [0.2, 0.25) is 11.6 Å². The fourth-order valence-electron chi connectivity index (χ4n) is 1.88. The number of rotatable bonds is 4. The Morgan fingerprint density at radius 1 is 1.52 bits per heavy atom. The van der Waals surface area contributed by atoms with Crippen LogP contribution in [0.1, 0.15) is 5.69 Å². The lowest BCUT2D eigenvalue weighted by atomic mass is 10.3. The molecule has 1 N–H and O–H groups in total. The maximum Gasteiger partial charge on any atom is 0.314 e. The van der Waals surface area contributed by atoms with E-state index in [-0.39, 0.29) is 5.88 Å². The molecule has 0 saturated heterocycles. The molecule has 0 saturated carbocycles. The number of aliphatic hydroxyl groups is 1. The normalized spacial score (nSPS) is 11.0. The lowest BCUT2D eigenvalue weighted by molar-refractivity contribution is -0.385. The maximum absolute atomic E-state index is 13.8. The molecule has 2 heterocycles. The zero-order valence-electron chi connectivity index (χ0n) is 10.4. The van der Waals surface area contributed by atoms with Gasteiger partial charge in [-0.1, -0.05) is 6.07 Å². The molecule has 0 spiro atoms. The number of fused-ring (bicyclic) bond motifs is 1. The molecule has 0 aliphatic heterocycles. The number of nitrogens with zero attached hydrogens (tertiary/aromatic N) is 3. The Bertz CT molecular complexity index is 829. The van der Waals surface area contributed by atoms with Crippen molar-refractivity contribution in [3.8, 4) is 11.6 Å². The highest BCUT2D eigenvalue weighted by Gasteiger charge is 2.23. The molecular formula is C12H8FN3O4S. The van der Waals surface area contributed by atoms with E-state index in [1.54, 1.807) is 16.0 Å². The van der Waals surface area contributed by atoms with Crippen LogP contribution < -0.4 is 4.74 Å². The Morgan fingerprint density at radius 3 is 3.05 bits per heavy atom. The molecule has 0 radical (unpaired) electrons. The van der Waals surface area contributed by atoms with Crippen molar-refractivity contribution in [3.05, 3.63) is 51.4 Å². The second-order valence-electron chi connectivity index (χ2n) is 4.02. The summed E-state index contributed by atoms with van der Waals surface area (Å²) in [6.07, 6.45) is 1.67. The molecule has 2 aromatic heterocycles. The van der Waals surface area contributed by atoms with E-state index < -0.39 is 28.8 Å². The minimum atomic E-state index is -0.871. The van der Waals surface area contributed by atoms with Crippen molar-refractivity contribution in [1.29, 1.82) is 0 Å². The lowest BCUT2D eigenvalue weighted by Crippen LogP contribution is -1.99. The monoisotopic (exact) mass is 309 g/mol. The summed E-state index contributed by atoms with van der Waals surface area (Å²) < 4.78 is 20.6. The van der Waals surface area contributed by atoms with Gasteiger partial charge in [0, 0.05) is 17.6 Å². The number of thiazole rings is 1. The Kier molecular flexibility index (Phi) is 3.28. The third-order valence-electron chi connectivity index (χ3n) is 2.82. The predicted molar refractivity (Wildman–Crippen MR) is 72.1 cm³/mol. The Morgan fingerprint density at radius 2 is 2.33 bits per heavy atom. The van der Waals surface area contributed by atoms with E-state index in [0.29, 0.717) is 10.7 Å². The average molecular weight is 309 g/mol. The lowest BCUT2D eigenvalue weighted by Gasteiger charge is -2.06. The first-order chi connectivity index (χ1) is 10.1. The first-order valence-electron chi connectivity index (χ1n) is 5.78. The molecule has 0 fully saturated rings. The van der Waals surface area contributed by atoms with Crippen LogP contribution in [0, 0.1) is 15.9 Å². The van der Waals surface area contributed by atoms with Crippen LogP contribution in [0.25, 0.3) is 4.96 Å². The predicted octanol–water partition coefficient (Wildman–Crippen LogP) is 2.73. The topological polar surface area (TPSA) is 89.9 Å². The molecule has 0 unspecified atom stereocenters. The largest absolute Gasteiger partial charge is 0.427 e. The molecule has 3 rings (SSSR count). The molecule has 0 aliphatic rings. The van der Waals surface area contributed by atoms with Crippen LogP contribution in [0.4, 0.5) is 10.1 Å². The highest BCUT2D eigenvalue weighted by Crippen LogP contribution is 2.35. The Labute approximate surface area is 121 Å². The van der Waals surface area contributed by atoms with E-state index in [9.17, 15) is 19.6 Å². The summed E-state index contributed by atoms with van der Waals surface area (Å²) in [5.41, 5.74) is -0.209. The van der Waals surface area contributed by atoms with Gasteiger partial charge >= 0.3 is 5.69 Å². The van der Waals surface area contributed by atoms with Crippen LogP contribution in [0.5, 0.6) is 11.6 Å². The summed E-state index contributed by atoms with van der Waals surface area (Å²) in [5, 5.41) is 22.1. The summed E-state index contributed by atoms with van der Waals surface area (Å²) >= 11 is 1.30. The second-order valence-corrected chi connectivity index (χ2v) is 4.90. The molecule has 0 amide bonds. The number of aromatic nitrogens is 2. The SMILES string of the molecule is O=[N+]([O-])c1cccc(F)c1Oc1nc2sccn2c1CO. The van der Waals surface area contributed by atoms with E-state index in [2.05, 4.69) is 4.98 Å². The van der Waals surface area contributed by atoms with Crippen LogP contribution >= 0.6 is 11.3 Å². The van der Waals surface area contributed by atoms with Gasteiger partial charge in [-0.3, -0.25) is 14.5 Å². The minimum Gasteiger partial charge on any atom is -0.427 e. The number of halogens is 1. The molecule has 0 bridgehead atoms.